The number of carbonyl (C=O) groups is 1. The van der Waals surface area contributed by atoms with Crippen LogP contribution in [0.15, 0.2) is 40.9 Å². The SMILES string of the molecule is Cc1cc(Br)ccc1OCc1c(C)cccc1NC(=O)N(C)N(C)[NH3+]. The van der Waals surface area contributed by atoms with Crippen LogP contribution in [-0.2, 0) is 6.61 Å². The summed E-state index contributed by atoms with van der Waals surface area (Å²) in [5, 5.41) is 5.77. The Kier molecular flexibility index (Phi) is 6.41. The van der Waals surface area contributed by atoms with Crippen molar-refractivity contribution in [3.05, 3.63) is 57.6 Å². The zero-order valence-corrected chi connectivity index (χ0v) is 16.6. The molecule has 7 heteroatoms. The second kappa shape index (κ2) is 8.33. The van der Waals surface area contributed by atoms with Crippen LogP contribution in [-0.4, -0.2) is 30.3 Å². The van der Waals surface area contributed by atoms with Crippen LogP contribution >= 0.6 is 15.9 Å². The first-order valence-corrected chi connectivity index (χ1v) is 8.65. The number of carbonyl (C=O) groups excluding carboxylic acids is 1. The third-order valence-electron chi connectivity index (χ3n) is 3.97. The Morgan fingerprint density at radius 1 is 1.20 bits per heavy atom. The van der Waals surface area contributed by atoms with Crippen molar-refractivity contribution in [2.24, 2.45) is 0 Å². The molecule has 0 bridgehead atoms. The molecule has 6 nitrogen and oxygen atoms in total. The van der Waals surface area contributed by atoms with Gasteiger partial charge in [-0.05, 0) is 49.2 Å². The van der Waals surface area contributed by atoms with Gasteiger partial charge in [0.25, 0.3) is 0 Å². The highest BCUT2D eigenvalue weighted by molar-refractivity contribution is 9.10. The maximum Gasteiger partial charge on any atom is 0.340 e. The number of nitrogens with one attached hydrogen (secondary N) is 1. The zero-order chi connectivity index (χ0) is 18.6. The van der Waals surface area contributed by atoms with Crippen molar-refractivity contribution in [3.8, 4) is 5.75 Å². The van der Waals surface area contributed by atoms with Crippen LogP contribution < -0.4 is 15.9 Å². The van der Waals surface area contributed by atoms with Crippen LogP contribution in [0.1, 0.15) is 16.7 Å². The van der Waals surface area contributed by atoms with Crippen molar-refractivity contribution in [1.82, 2.24) is 10.1 Å². The number of quaternary nitrogens is 1. The van der Waals surface area contributed by atoms with Crippen LogP contribution in [0.2, 0.25) is 0 Å². The van der Waals surface area contributed by atoms with Gasteiger partial charge in [0, 0.05) is 22.8 Å². The molecule has 0 radical (unpaired) electrons. The van der Waals surface area contributed by atoms with Gasteiger partial charge < -0.3 is 10.1 Å². The molecule has 0 saturated heterocycles. The first kappa shape index (κ1) is 19.2. The molecule has 2 aromatic rings. The lowest BCUT2D eigenvalue weighted by Crippen LogP contribution is -2.72. The summed E-state index contributed by atoms with van der Waals surface area (Å²) in [6.07, 6.45) is 0. The first-order valence-electron chi connectivity index (χ1n) is 7.86. The van der Waals surface area contributed by atoms with Crippen LogP contribution in [0.4, 0.5) is 10.5 Å². The molecule has 0 unspecified atom stereocenters. The summed E-state index contributed by atoms with van der Waals surface area (Å²) >= 11 is 3.45. The van der Waals surface area contributed by atoms with E-state index in [9.17, 15) is 4.79 Å². The monoisotopic (exact) mass is 407 g/mol. The third-order valence-corrected chi connectivity index (χ3v) is 4.46. The molecule has 2 aromatic carbocycles. The fourth-order valence-electron chi connectivity index (χ4n) is 2.29. The van der Waals surface area contributed by atoms with E-state index in [4.69, 9.17) is 4.74 Å². The van der Waals surface area contributed by atoms with E-state index in [-0.39, 0.29) is 6.03 Å². The number of halogens is 1. The number of amides is 2. The minimum Gasteiger partial charge on any atom is -0.489 e. The van der Waals surface area contributed by atoms with Crippen molar-refractivity contribution < 1.29 is 15.4 Å². The summed E-state index contributed by atoms with van der Waals surface area (Å²) in [5.41, 5.74) is 3.77. The number of anilines is 1. The number of hydrazine groups is 1. The van der Waals surface area contributed by atoms with Gasteiger partial charge in [-0.3, -0.25) is 5.84 Å². The molecule has 25 heavy (non-hydrogen) atoms. The summed E-state index contributed by atoms with van der Waals surface area (Å²) in [5.74, 6) is 4.52. The summed E-state index contributed by atoms with van der Waals surface area (Å²) < 4.78 is 7.00. The van der Waals surface area contributed by atoms with Crippen molar-refractivity contribution in [2.45, 2.75) is 20.5 Å². The Morgan fingerprint density at radius 3 is 2.56 bits per heavy atom. The summed E-state index contributed by atoms with van der Waals surface area (Å²) in [6, 6.07) is 11.4. The van der Waals surface area contributed by atoms with Gasteiger partial charge in [-0.15, -0.1) is 0 Å². The molecule has 134 valence electrons. The molecule has 0 heterocycles. The fraction of sp³-hybridized carbons (Fsp3) is 0.278. The van der Waals surface area contributed by atoms with Crippen molar-refractivity contribution >= 4 is 27.6 Å². The second-order valence-electron chi connectivity index (χ2n) is 5.91. The van der Waals surface area contributed by atoms with E-state index in [0.29, 0.717) is 6.61 Å². The smallest absolute Gasteiger partial charge is 0.340 e. The van der Waals surface area contributed by atoms with Crippen LogP contribution in [0.5, 0.6) is 5.75 Å². The predicted octanol–water partition coefficient (Wildman–Crippen LogP) is 3.11. The quantitative estimate of drug-likeness (QED) is 0.747. The Bertz CT molecular complexity index is 765. The molecule has 0 atom stereocenters. The van der Waals surface area contributed by atoms with Gasteiger partial charge in [-0.2, -0.15) is 0 Å². The maximum atomic E-state index is 12.3. The number of urea groups is 1. The zero-order valence-electron chi connectivity index (χ0n) is 15.0. The lowest BCUT2D eigenvalue weighted by atomic mass is 10.1. The maximum absolute atomic E-state index is 12.3. The number of benzene rings is 2. The Hall–Kier alpha value is -2.09. The fourth-order valence-corrected chi connectivity index (χ4v) is 2.76. The van der Waals surface area contributed by atoms with Crippen LogP contribution in [0.25, 0.3) is 0 Å². The Balaban J connectivity index is 2.18. The van der Waals surface area contributed by atoms with Crippen molar-refractivity contribution in [1.29, 1.82) is 0 Å². The molecule has 0 aliphatic heterocycles. The summed E-state index contributed by atoms with van der Waals surface area (Å²) in [7, 11) is 3.36. The highest BCUT2D eigenvalue weighted by Gasteiger charge is 2.16. The lowest BCUT2D eigenvalue weighted by molar-refractivity contribution is -0.610. The highest BCUT2D eigenvalue weighted by Crippen LogP contribution is 2.26. The average Bonchev–Trinajstić information content (AvgIpc) is 2.55. The van der Waals surface area contributed by atoms with E-state index in [1.165, 1.54) is 10.1 Å². The Morgan fingerprint density at radius 2 is 1.92 bits per heavy atom. The molecular formula is C18H24BrN4O2+. The van der Waals surface area contributed by atoms with Gasteiger partial charge in [0.15, 0.2) is 0 Å². The number of hydrogen-bond acceptors (Lipinski definition) is 3. The van der Waals surface area contributed by atoms with Gasteiger partial charge in [-0.1, -0.05) is 33.2 Å². The summed E-state index contributed by atoms with van der Waals surface area (Å²) in [6.45, 7) is 4.37. The molecule has 4 N–H and O–H groups in total. The van der Waals surface area contributed by atoms with Gasteiger partial charge >= 0.3 is 6.03 Å². The standard InChI is InChI=1S/C18H23BrN4O2/c1-12-6-5-7-16(21-18(24)22(3)23(4)20)15(12)11-25-17-9-8-14(19)10-13(17)2/h5-10H,11,20H2,1-4H3,(H,21,24)/p+1. The van der Waals surface area contributed by atoms with Gasteiger partial charge in [-0.25, -0.2) is 9.80 Å². The average molecular weight is 408 g/mol. The molecular weight excluding hydrogens is 384 g/mol. The van der Waals surface area contributed by atoms with Crippen molar-refractivity contribution in [2.75, 3.05) is 19.4 Å². The molecule has 0 fully saturated rings. The minimum atomic E-state index is -0.260. The highest BCUT2D eigenvalue weighted by atomic mass is 79.9. The molecule has 0 aromatic heterocycles. The van der Waals surface area contributed by atoms with E-state index >= 15 is 0 Å². The van der Waals surface area contributed by atoms with Gasteiger partial charge in [0.2, 0.25) is 0 Å². The predicted molar refractivity (Wildman–Crippen MR) is 102 cm³/mol. The largest absolute Gasteiger partial charge is 0.489 e. The number of aryl methyl sites for hydroxylation is 2. The van der Waals surface area contributed by atoms with Gasteiger partial charge in [0.05, 0.1) is 7.05 Å². The molecule has 0 aliphatic rings. The van der Waals surface area contributed by atoms with Gasteiger partial charge in [0.1, 0.15) is 12.4 Å². The Labute approximate surface area is 156 Å². The van der Waals surface area contributed by atoms with E-state index in [1.807, 2.05) is 50.2 Å². The molecule has 0 aliphatic carbocycles. The summed E-state index contributed by atoms with van der Waals surface area (Å²) in [4.78, 5) is 12.3. The van der Waals surface area contributed by atoms with E-state index in [0.717, 1.165) is 32.6 Å². The van der Waals surface area contributed by atoms with E-state index < -0.39 is 0 Å². The molecule has 2 amide bonds. The number of ether oxygens (including phenoxy) is 1. The third kappa shape index (κ3) is 4.94. The van der Waals surface area contributed by atoms with Crippen LogP contribution in [0.3, 0.4) is 0 Å². The first-order chi connectivity index (χ1) is 11.8. The molecule has 2 rings (SSSR count). The molecule has 0 saturated carbocycles. The van der Waals surface area contributed by atoms with E-state index in [2.05, 4.69) is 27.1 Å². The number of nitrogens with zero attached hydrogens (tertiary/aromatic N) is 2. The van der Waals surface area contributed by atoms with Crippen molar-refractivity contribution in [3.63, 3.8) is 0 Å². The minimum absolute atomic E-state index is 0.260. The normalized spacial score (nSPS) is 10.7. The second-order valence-corrected chi connectivity index (χ2v) is 6.83. The van der Waals surface area contributed by atoms with Crippen LogP contribution in [0, 0.1) is 13.8 Å². The topological polar surface area (TPSA) is 72.5 Å². The molecule has 0 spiro atoms. The number of rotatable bonds is 5. The lowest BCUT2D eigenvalue weighted by Gasteiger charge is -2.22. The number of hydrogen-bond donors (Lipinski definition) is 2. The van der Waals surface area contributed by atoms with E-state index in [1.54, 1.807) is 14.1 Å².